The van der Waals surface area contributed by atoms with Crippen LogP contribution in [0, 0.1) is 0 Å². The number of rotatable bonds is 7. The lowest BCUT2D eigenvalue weighted by atomic mass is 10.2. The number of amides is 1. The largest absolute Gasteiger partial charge is 0.497 e. The summed E-state index contributed by atoms with van der Waals surface area (Å²) in [7, 11) is 3.08. The fourth-order valence-electron chi connectivity index (χ4n) is 2.06. The molecule has 6 nitrogen and oxygen atoms in total. The van der Waals surface area contributed by atoms with Crippen molar-refractivity contribution in [1.29, 1.82) is 0 Å². The first-order valence-corrected chi connectivity index (χ1v) is 8.43. The maximum atomic E-state index is 11.8. The number of carbonyl (C=O) groups excluding carboxylic acids is 2. The molecular weight excluding hydrogens is 402 g/mol. The maximum Gasteiger partial charge on any atom is 0.331 e. The number of ether oxygens (including phenoxy) is 3. The van der Waals surface area contributed by atoms with Gasteiger partial charge in [-0.3, -0.25) is 4.79 Å². The van der Waals surface area contributed by atoms with Gasteiger partial charge in [-0.05, 0) is 36.4 Å². The molecule has 0 atom stereocenters. The molecule has 0 aliphatic carbocycles. The second-order valence-electron chi connectivity index (χ2n) is 5.11. The highest BCUT2D eigenvalue weighted by Gasteiger charge is 2.07. The predicted octanol–water partition coefficient (Wildman–Crippen LogP) is 3.66. The van der Waals surface area contributed by atoms with Crippen LogP contribution in [0.3, 0.4) is 0 Å². The van der Waals surface area contributed by atoms with E-state index in [9.17, 15) is 9.59 Å². The molecule has 0 bridgehead atoms. The van der Waals surface area contributed by atoms with E-state index >= 15 is 0 Å². The Morgan fingerprint density at radius 1 is 1.12 bits per heavy atom. The molecule has 0 unspecified atom stereocenters. The second-order valence-corrected chi connectivity index (χ2v) is 6.02. The zero-order valence-corrected chi connectivity index (χ0v) is 15.9. The minimum atomic E-state index is -0.632. The zero-order chi connectivity index (χ0) is 18.9. The number of carbonyl (C=O) groups is 2. The van der Waals surface area contributed by atoms with Crippen LogP contribution in [0.2, 0.25) is 0 Å². The third kappa shape index (κ3) is 5.93. The van der Waals surface area contributed by atoms with E-state index in [0.29, 0.717) is 22.7 Å². The van der Waals surface area contributed by atoms with Crippen LogP contribution >= 0.6 is 15.9 Å². The lowest BCUT2D eigenvalue weighted by Crippen LogP contribution is -2.20. The third-order valence-corrected chi connectivity index (χ3v) is 3.79. The SMILES string of the molecule is COc1ccc(/C=C/C(=O)OCC(=O)Nc2cccc(Br)c2)c(OC)c1. The van der Waals surface area contributed by atoms with Crippen molar-refractivity contribution in [2.24, 2.45) is 0 Å². The van der Waals surface area contributed by atoms with Crippen molar-refractivity contribution in [3.8, 4) is 11.5 Å². The first kappa shape index (κ1) is 19.5. The third-order valence-electron chi connectivity index (χ3n) is 3.29. The molecule has 2 aromatic rings. The van der Waals surface area contributed by atoms with Crippen LogP contribution < -0.4 is 14.8 Å². The van der Waals surface area contributed by atoms with E-state index in [0.717, 1.165) is 4.47 Å². The molecule has 136 valence electrons. The fourth-order valence-corrected chi connectivity index (χ4v) is 2.46. The van der Waals surface area contributed by atoms with Gasteiger partial charge in [-0.1, -0.05) is 22.0 Å². The highest BCUT2D eigenvalue weighted by molar-refractivity contribution is 9.10. The number of hydrogen-bond donors (Lipinski definition) is 1. The smallest absolute Gasteiger partial charge is 0.331 e. The van der Waals surface area contributed by atoms with E-state index in [-0.39, 0.29) is 6.61 Å². The average molecular weight is 420 g/mol. The van der Waals surface area contributed by atoms with Crippen molar-refractivity contribution in [2.45, 2.75) is 0 Å². The molecule has 0 spiro atoms. The fraction of sp³-hybridized carbons (Fsp3) is 0.158. The Hall–Kier alpha value is -2.80. The number of anilines is 1. The molecule has 2 rings (SSSR count). The molecule has 0 radical (unpaired) electrons. The topological polar surface area (TPSA) is 73.9 Å². The molecular formula is C19H18BrNO5. The monoisotopic (exact) mass is 419 g/mol. The number of nitrogens with one attached hydrogen (secondary N) is 1. The van der Waals surface area contributed by atoms with Crippen LogP contribution in [0.1, 0.15) is 5.56 Å². The van der Waals surface area contributed by atoms with E-state index in [2.05, 4.69) is 21.2 Å². The highest BCUT2D eigenvalue weighted by atomic mass is 79.9. The van der Waals surface area contributed by atoms with E-state index in [1.54, 1.807) is 49.6 Å². The van der Waals surface area contributed by atoms with Gasteiger partial charge < -0.3 is 19.5 Å². The summed E-state index contributed by atoms with van der Waals surface area (Å²) in [6.07, 6.45) is 2.78. The van der Waals surface area contributed by atoms with Gasteiger partial charge in [-0.2, -0.15) is 0 Å². The summed E-state index contributed by atoms with van der Waals surface area (Å²) < 4.78 is 16.1. The zero-order valence-electron chi connectivity index (χ0n) is 14.3. The first-order valence-electron chi connectivity index (χ1n) is 7.64. The molecule has 0 fully saturated rings. The summed E-state index contributed by atoms with van der Waals surface area (Å²) in [5.74, 6) is 0.144. The van der Waals surface area contributed by atoms with Gasteiger partial charge in [0.15, 0.2) is 6.61 Å². The normalized spacial score (nSPS) is 10.4. The van der Waals surface area contributed by atoms with Crippen LogP contribution in [0.5, 0.6) is 11.5 Å². The number of esters is 1. The predicted molar refractivity (Wildman–Crippen MR) is 102 cm³/mol. The molecule has 0 aromatic heterocycles. The van der Waals surface area contributed by atoms with Gasteiger partial charge in [0.2, 0.25) is 0 Å². The minimum Gasteiger partial charge on any atom is -0.497 e. The van der Waals surface area contributed by atoms with E-state index in [4.69, 9.17) is 14.2 Å². The second kappa shape index (κ2) is 9.62. The molecule has 1 amide bonds. The van der Waals surface area contributed by atoms with Crippen LogP contribution in [-0.2, 0) is 14.3 Å². The summed E-state index contributed by atoms with van der Waals surface area (Å²) >= 11 is 3.31. The molecule has 0 saturated carbocycles. The van der Waals surface area contributed by atoms with Crippen LogP contribution in [0.25, 0.3) is 6.08 Å². The Kier molecular flexibility index (Phi) is 7.23. The standard InChI is InChI=1S/C19H18BrNO5/c1-24-16-8-6-13(17(11-16)25-2)7-9-19(23)26-12-18(22)21-15-5-3-4-14(20)10-15/h3-11H,12H2,1-2H3,(H,21,22)/b9-7+. The van der Waals surface area contributed by atoms with Crippen LogP contribution in [-0.4, -0.2) is 32.7 Å². The highest BCUT2D eigenvalue weighted by Crippen LogP contribution is 2.25. The number of hydrogen-bond acceptors (Lipinski definition) is 5. The molecule has 26 heavy (non-hydrogen) atoms. The molecule has 7 heteroatoms. The quantitative estimate of drug-likeness (QED) is 0.547. The average Bonchev–Trinajstić information content (AvgIpc) is 2.64. The first-order chi connectivity index (χ1) is 12.5. The van der Waals surface area contributed by atoms with Gasteiger partial charge in [0.1, 0.15) is 11.5 Å². The van der Waals surface area contributed by atoms with Crippen LogP contribution in [0.15, 0.2) is 53.0 Å². The molecule has 0 saturated heterocycles. The summed E-state index contributed by atoms with van der Waals surface area (Å²) in [5, 5.41) is 2.64. The van der Waals surface area contributed by atoms with E-state index < -0.39 is 11.9 Å². The Morgan fingerprint density at radius 3 is 2.62 bits per heavy atom. The van der Waals surface area contributed by atoms with Gasteiger partial charge in [0.25, 0.3) is 5.91 Å². The van der Waals surface area contributed by atoms with Crippen molar-refractivity contribution in [3.05, 3.63) is 58.6 Å². The van der Waals surface area contributed by atoms with E-state index in [1.165, 1.54) is 13.2 Å². The Bertz CT molecular complexity index is 819. The molecule has 0 aliphatic rings. The van der Waals surface area contributed by atoms with E-state index in [1.807, 2.05) is 6.07 Å². The van der Waals surface area contributed by atoms with Crippen molar-refractivity contribution < 1.29 is 23.8 Å². The van der Waals surface area contributed by atoms with Crippen LogP contribution in [0.4, 0.5) is 5.69 Å². The summed E-state index contributed by atoms with van der Waals surface area (Å²) in [4.78, 5) is 23.6. The maximum absolute atomic E-state index is 11.8. The summed E-state index contributed by atoms with van der Waals surface area (Å²) in [5.41, 5.74) is 1.29. The number of benzene rings is 2. The minimum absolute atomic E-state index is 0.380. The van der Waals surface area contributed by atoms with Crippen molar-refractivity contribution in [1.82, 2.24) is 0 Å². The number of halogens is 1. The Balaban J connectivity index is 1.88. The van der Waals surface area contributed by atoms with Gasteiger partial charge in [0.05, 0.1) is 14.2 Å². The summed E-state index contributed by atoms with van der Waals surface area (Å²) in [6.45, 7) is -0.380. The molecule has 0 aliphatic heterocycles. The summed E-state index contributed by atoms with van der Waals surface area (Å²) in [6, 6.07) is 12.3. The van der Waals surface area contributed by atoms with Crippen molar-refractivity contribution in [2.75, 3.05) is 26.1 Å². The molecule has 2 aromatic carbocycles. The number of methoxy groups -OCH3 is 2. The van der Waals surface area contributed by atoms with Gasteiger partial charge in [-0.25, -0.2) is 4.79 Å². The Labute approximate surface area is 159 Å². The Morgan fingerprint density at radius 2 is 1.92 bits per heavy atom. The lowest BCUT2D eigenvalue weighted by Gasteiger charge is -2.07. The van der Waals surface area contributed by atoms with Gasteiger partial charge >= 0.3 is 5.97 Å². The molecule has 1 N–H and O–H groups in total. The van der Waals surface area contributed by atoms with Crippen molar-refractivity contribution in [3.63, 3.8) is 0 Å². The lowest BCUT2D eigenvalue weighted by molar-refractivity contribution is -0.142. The van der Waals surface area contributed by atoms with Crippen molar-refractivity contribution >= 4 is 39.6 Å². The molecule has 0 heterocycles. The van der Waals surface area contributed by atoms with Gasteiger partial charge in [-0.15, -0.1) is 0 Å². The van der Waals surface area contributed by atoms with Gasteiger partial charge in [0, 0.05) is 27.9 Å².